The highest BCUT2D eigenvalue weighted by Crippen LogP contribution is 2.29. The van der Waals surface area contributed by atoms with E-state index in [1.165, 1.54) is 4.70 Å². The highest BCUT2D eigenvalue weighted by Gasteiger charge is 2.17. The van der Waals surface area contributed by atoms with E-state index in [4.69, 9.17) is 4.98 Å². The number of anilines is 1. The van der Waals surface area contributed by atoms with Gasteiger partial charge in [-0.05, 0) is 11.4 Å². The Morgan fingerprint density at radius 1 is 1.26 bits per heavy atom. The number of rotatable bonds is 2. The van der Waals surface area contributed by atoms with E-state index in [-0.39, 0.29) is 24.8 Å². The summed E-state index contributed by atoms with van der Waals surface area (Å²) in [6, 6.07) is 2.09. The predicted octanol–water partition coefficient (Wildman–Crippen LogP) is 2.51. The molecule has 1 fully saturated rings. The van der Waals surface area contributed by atoms with Crippen LogP contribution in [0.2, 0.25) is 0 Å². The second kappa shape index (κ2) is 7.24. The van der Waals surface area contributed by atoms with E-state index in [0.717, 1.165) is 49.8 Å². The van der Waals surface area contributed by atoms with E-state index in [9.17, 15) is 0 Å². The van der Waals surface area contributed by atoms with E-state index in [1.807, 2.05) is 0 Å². The van der Waals surface area contributed by atoms with Crippen molar-refractivity contribution in [1.29, 1.82) is 0 Å². The van der Waals surface area contributed by atoms with Gasteiger partial charge in [-0.25, -0.2) is 9.97 Å². The molecule has 1 saturated heterocycles. The van der Waals surface area contributed by atoms with Gasteiger partial charge in [-0.3, -0.25) is 0 Å². The standard InChI is InChI=1S/C12H16N4S.2ClH/c1-2-10-14-9-3-8-17-11(9)12(15-10)16-6-4-13-5-7-16;;/h3,8,13H,2,4-7H2,1H3;2*1H. The minimum Gasteiger partial charge on any atom is -0.353 e. The fraction of sp³-hybridized carbons (Fsp3) is 0.500. The third-order valence-electron chi connectivity index (χ3n) is 3.06. The first-order chi connectivity index (χ1) is 8.38. The molecule has 4 nitrogen and oxygen atoms in total. The lowest BCUT2D eigenvalue weighted by atomic mass is 10.3. The van der Waals surface area contributed by atoms with Crippen LogP contribution in [-0.2, 0) is 6.42 Å². The van der Waals surface area contributed by atoms with Crippen LogP contribution >= 0.6 is 36.2 Å². The van der Waals surface area contributed by atoms with Crippen LogP contribution in [0, 0.1) is 0 Å². The normalized spacial score (nSPS) is 14.9. The van der Waals surface area contributed by atoms with E-state index in [1.54, 1.807) is 11.3 Å². The van der Waals surface area contributed by atoms with Crippen molar-refractivity contribution in [3.63, 3.8) is 0 Å². The van der Waals surface area contributed by atoms with Crippen LogP contribution in [0.25, 0.3) is 10.2 Å². The van der Waals surface area contributed by atoms with Crippen molar-refractivity contribution in [2.75, 3.05) is 31.1 Å². The smallest absolute Gasteiger partial charge is 0.150 e. The van der Waals surface area contributed by atoms with Crippen LogP contribution in [0.4, 0.5) is 5.82 Å². The van der Waals surface area contributed by atoms with Crippen LogP contribution in [0.1, 0.15) is 12.7 Å². The molecule has 106 valence electrons. The molecule has 0 radical (unpaired) electrons. The molecule has 0 bridgehead atoms. The molecular formula is C12H18Cl2N4S. The van der Waals surface area contributed by atoms with Crippen LogP contribution in [0.15, 0.2) is 11.4 Å². The molecule has 0 unspecified atom stereocenters. The Bertz CT molecular complexity index is 525. The van der Waals surface area contributed by atoms with E-state index in [2.05, 4.69) is 33.6 Å². The van der Waals surface area contributed by atoms with Gasteiger partial charge < -0.3 is 10.2 Å². The van der Waals surface area contributed by atoms with Crippen molar-refractivity contribution in [1.82, 2.24) is 15.3 Å². The number of nitrogens with one attached hydrogen (secondary N) is 1. The van der Waals surface area contributed by atoms with Gasteiger partial charge in [0.1, 0.15) is 11.6 Å². The third kappa shape index (κ3) is 3.28. The number of hydrogen-bond acceptors (Lipinski definition) is 5. The minimum absolute atomic E-state index is 0. The van der Waals surface area contributed by atoms with Gasteiger partial charge in [0.15, 0.2) is 0 Å². The Morgan fingerprint density at radius 3 is 2.68 bits per heavy atom. The van der Waals surface area contributed by atoms with Gasteiger partial charge >= 0.3 is 0 Å². The van der Waals surface area contributed by atoms with Crippen molar-refractivity contribution in [2.24, 2.45) is 0 Å². The van der Waals surface area contributed by atoms with Crippen molar-refractivity contribution < 1.29 is 0 Å². The summed E-state index contributed by atoms with van der Waals surface area (Å²) in [5.74, 6) is 2.08. The summed E-state index contributed by atoms with van der Waals surface area (Å²) in [6.07, 6.45) is 0.894. The van der Waals surface area contributed by atoms with E-state index >= 15 is 0 Å². The summed E-state index contributed by atoms with van der Waals surface area (Å²) >= 11 is 1.74. The molecule has 7 heteroatoms. The molecule has 2 aromatic rings. The lowest BCUT2D eigenvalue weighted by Crippen LogP contribution is -2.44. The molecule has 0 saturated carbocycles. The Balaban J connectivity index is 0.000000902. The highest BCUT2D eigenvalue weighted by atomic mass is 35.5. The maximum atomic E-state index is 4.71. The molecule has 3 heterocycles. The number of halogens is 2. The van der Waals surface area contributed by atoms with Crippen LogP contribution in [0.3, 0.4) is 0 Å². The third-order valence-corrected chi connectivity index (χ3v) is 3.96. The molecular weight excluding hydrogens is 303 g/mol. The number of aromatic nitrogens is 2. The Labute approximate surface area is 129 Å². The molecule has 0 aromatic carbocycles. The number of fused-ring (bicyclic) bond motifs is 1. The maximum Gasteiger partial charge on any atom is 0.150 e. The SMILES string of the molecule is CCc1nc(N2CCNCC2)c2sccc2n1.Cl.Cl. The summed E-state index contributed by atoms with van der Waals surface area (Å²) < 4.78 is 1.23. The second-order valence-electron chi connectivity index (χ2n) is 4.19. The second-order valence-corrected chi connectivity index (χ2v) is 5.11. The van der Waals surface area contributed by atoms with Gasteiger partial charge in [-0.1, -0.05) is 6.92 Å². The Morgan fingerprint density at radius 2 is 2.00 bits per heavy atom. The van der Waals surface area contributed by atoms with Crippen LogP contribution in [-0.4, -0.2) is 36.1 Å². The number of piperazine rings is 1. The Hall–Kier alpha value is -0.620. The lowest BCUT2D eigenvalue weighted by molar-refractivity contribution is 0.585. The van der Waals surface area contributed by atoms with Gasteiger partial charge in [0.2, 0.25) is 0 Å². The molecule has 0 aliphatic carbocycles. The zero-order valence-electron chi connectivity index (χ0n) is 10.8. The van der Waals surface area contributed by atoms with Crippen molar-refractivity contribution >= 4 is 52.2 Å². The van der Waals surface area contributed by atoms with Gasteiger partial charge in [0.25, 0.3) is 0 Å². The molecule has 1 aliphatic rings. The number of hydrogen-bond donors (Lipinski definition) is 1. The van der Waals surface area contributed by atoms with Crippen molar-refractivity contribution in [2.45, 2.75) is 13.3 Å². The largest absolute Gasteiger partial charge is 0.353 e. The molecule has 0 amide bonds. The fourth-order valence-electron chi connectivity index (χ4n) is 2.14. The zero-order valence-corrected chi connectivity index (χ0v) is 13.2. The van der Waals surface area contributed by atoms with Gasteiger partial charge in [0.05, 0.1) is 10.2 Å². The Kier molecular flexibility index (Phi) is 6.26. The summed E-state index contributed by atoms with van der Waals surface area (Å²) in [4.78, 5) is 11.7. The van der Waals surface area contributed by atoms with Crippen LogP contribution < -0.4 is 10.2 Å². The molecule has 19 heavy (non-hydrogen) atoms. The van der Waals surface area contributed by atoms with Gasteiger partial charge in [0, 0.05) is 32.6 Å². The first kappa shape index (κ1) is 16.4. The van der Waals surface area contributed by atoms with Crippen molar-refractivity contribution in [3.05, 3.63) is 17.3 Å². The molecule has 0 spiro atoms. The molecule has 3 rings (SSSR count). The molecule has 1 N–H and O–H groups in total. The van der Waals surface area contributed by atoms with Crippen LogP contribution in [0.5, 0.6) is 0 Å². The van der Waals surface area contributed by atoms with Crippen molar-refractivity contribution in [3.8, 4) is 0 Å². The average molecular weight is 321 g/mol. The highest BCUT2D eigenvalue weighted by molar-refractivity contribution is 7.17. The first-order valence-electron chi connectivity index (χ1n) is 6.08. The zero-order chi connectivity index (χ0) is 11.7. The number of thiophene rings is 1. The number of nitrogens with zero attached hydrogens (tertiary/aromatic N) is 3. The monoisotopic (exact) mass is 320 g/mol. The summed E-state index contributed by atoms with van der Waals surface area (Å²) in [5.41, 5.74) is 1.09. The summed E-state index contributed by atoms with van der Waals surface area (Å²) in [7, 11) is 0. The van der Waals surface area contributed by atoms with Gasteiger partial charge in [-0.2, -0.15) is 0 Å². The molecule has 1 aliphatic heterocycles. The fourth-order valence-corrected chi connectivity index (χ4v) is 2.99. The quantitative estimate of drug-likeness (QED) is 0.923. The molecule has 2 aromatic heterocycles. The van der Waals surface area contributed by atoms with Gasteiger partial charge in [-0.15, -0.1) is 36.2 Å². The average Bonchev–Trinajstić information content (AvgIpc) is 2.86. The minimum atomic E-state index is 0. The van der Waals surface area contributed by atoms with E-state index in [0.29, 0.717) is 0 Å². The summed E-state index contributed by atoms with van der Waals surface area (Å²) in [5, 5.41) is 5.47. The topological polar surface area (TPSA) is 41.1 Å². The van der Waals surface area contributed by atoms with E-state index < -0.39 is 0 Å². The predicted molar refractivity (Wildman–Crippen MR) is 86.4 cm³/mol. The maximum absolute atomic E-state index is 4.71. The lowest BCUT2D eigenvalue weighted by Gasteiger charge is -2.28. The number of aryl methyl sites for hydroxylation is 1. The molecule has 0 atom stereocenters. The first-order valence-corrected chi connectivity index (χ1v) is 6.96. The summed E-state index contributed by atoms with van der Waals surface area (Å²) in [6.45, 7) is 6.26.